The van der Waals surface area contributed by atoms with Crippen LogP contribution in [0.2, 0.25) is 10.0 Å². The van der Waals surface area contributed by atoms with Gasteiger partial charge in [0.05, 0.1) is 35.9 Å². The van der Waals surface area contributed by atoms with Gasteiger partial charge in [0.15, 0.2) is 6.79 Å². The van der Waals surface area contributed by atoms with E-state index in [9.17, 15) is 4.79 Å². The van der Waals surface area contributed by atoms with Gasteiger partial charge < -0.3 is 33.3 Å². The summed E-state index contributed by atoms with van der Waals surface area (Å²) < 4.78 is 24.5. The van der Waals surface area contributed by atoms with E-state index in [1.165, 1.54) is 7.11 Å². The number of methoxy groups -OCH3 is 2. The lowest BCUT2D eigenvalue weighted by Crippen LogP contribution is -2.43. The molecule has 1 aliphatic carbocycles. The van der Waals surface area contributed by atoms with Crippen molar-refractivity contribution in [2.75, 3.05) is 41.2 Å². The molecule has 2 aliphatic heterocycles. The third-order valence-corrected chi connectivity index (χ3v) is 11.9. The maximum absolute atomic E-state index is 15.2. The van der Waals surface area contributed by atoms with Crippen molar-refractivity contribution in [3.8, 4) is 22.6 Å². The summed E-state index contributed by atoms with van der Waals surface area (Å²) in [4.78, 5) is 31.8. The summed E-state index contributed by atoms with van der Waals surface area (Å²) in [5.74, 6) is 0.792. The number of rotatable bonds is 11. The predicted molar refractivity (Wildman–Crippen MR) is 217 cm³/mol. The van der Waals surface area contributed by atoms with E-state index >= 15 is 4.79 Å². The van der Waals surface area contributed by atoms with Crippen molar-refractivity contribution in [3.05, 3.63) is 116 Å². The number of hydrogen-bond acceptors (Lipinski definition) is 7. The lowest BCUT2D eigenvalue weighted by Gasteiger charge is -2.37. The van der Waals surface area contributed by atoms with E-state index in [0.717, 1.165) is 66.3 Å². The van der Waals surface area contributed by atoms with Gasteiger partial charge in [0, 0.05) is 60.5 Å². The first-order chi connectivity index (χ1) is 26.3. The first kappa shape index (κ1) is 38.6. The highest BCUT2D eigenvalue weighted by Gasteiger charge is 2.43. The van der Waals surface area contributed by atoms with Crippen molar-refractivity contribution in [1.29, 1.82) is 0 Å². The molecule has 3 heterocycles. The van der Waals surface area contributed by atoms with Crippen molar-refractivity contribution >= 4 is 46.0 Å². The average Bonchev–Trinajstić information content (AvgIpc) is 3.67. The van der Waals surface area contributed by atoms with Gasteiger partial charge in [-0.05, 0) is 117 Å². The summed E-state index contributed by atoms with van der Waals surface area (Å²) in [5, 5.41) is 2.33. The molecular weight excluding hydrogens is 737 g/mol. The minimum absolute atomic E-state index is 0.0248. The van der Waals surface area contributed by atoms with Gasteiger partial charge in [-0.1, -0.05) is 41.4 Å². The fraction of sp³-hybridized carbons (Fsp3) is 0.364. The number of halogens is 2. The Morgan fingerprint density at radius 3 is 2.27 bits per heavy atom. The van der Waals surface area contributed by atoms with Crippen molar-refractivity contribution in [2.45, 2.75) is 59.5 Å². The Bertz CT molecular complexity index is 2260. The summed E-state index contributed by atoms with van der Waals surface area (Å²) in [6, 6.07) is 11.8. The standard InChI is InChI=1S/C44H47Cl2N3O6/c1-24-16-31(55-23-52-7)17-25(2)38(24)39-35(45)13-12-33-32(10-9-15-54-30-18-26(3)40(46)27(4)19-30)42-43(50)48(21-28(5)49(42)41(33)39)37-22-47(6)36-14-11-29(20-34(36)37)44(51)53-8/h11-14,16-20,22,28,34,36H,9-10,15,21,23H2,1-8H3/t28-,34?,36?/m1/s1. The molecule has 9 nitrogen and oxygen atoms in total. The molecule has 55 heavy (non-hydrogen) atoms. The number of aromatic nitrogens is 1. The summed E-state index contributed by atoms with van der Waals surface area (Å²) in [7, 11) is 4.98. The Morgan fingerprint density at radius 2 is 1.60 bits per heavy atom. The van der Waals surface area contributed by atoms with Crippen LogP contribution >= 0.6 is 23.2 Å². The van der Waals surface area contributed by atoms with Crippen LogP contribution in [0, 0.1) is 33.6 Å². The molecule has 0 radical (unpaired) electrons. The molecule has 11 heteroatoms. The van der Waals surface area contributed by atoms with Crippen LogP contribution in [0.15, 0.2) is 72.1 Å². The lowest BCUT2D eigenvalue weighted by molar-refractivity contribution is -0.135. The molecule has 2 unspecified atom stereocenters. The topological polar surface area (TPSA) is 82.5 Å². The van der Waals surface area contributed by atoms with Gasteiger partial charge >= 0.3 is 5.97 Å². The van der Waals surface area contributed by atoms with E-state index in [0.29, 0.717) is 48.0 Å². The molecule has 1 amide bonds. The average molecular weight is 785 g/mol. The second kappa shape index (κ2) is 15.4. The minimum Gasteiger partial charge on any atom is -0.494 e. The van der Waals surface area contributed by atoms with Crippen LogP contribution in [0.4, 0.5) is 0 Å². The Morgan fingerprint density at radius 1 is 0.927 bits per heavy atom. The number of fused-ring (bicyclic) bond motifs is 4. The van der Waals surface area contributed by atoms with Gasteiger partial charge in [-0.15, -0.1) is 0 Å². The van der Waals surface area contributed by atoms with Gasteiger partial charge in [0.1, 0.15) is 17.2 Å². The number of ether oxygens (including phenoxy) is 4. The first-order valence-corrected chi connectivity index (χ1v) is 19.3. The molecule has 7 rings (SSSR count). The van der Waals surface area contributed by atoms with E-state index in [1.54, 1.807) is 13.2 Å². The zero-order valence-electron chi connectivity index (χ0n) is 32.6. The maximum atomic E-state index is 15.2. The van der Waals surface area contributed by atoms with Crippen LogP contribution in [0.3, 0.4) is 0 Å². The van der Waals surface area contributed by atoms with Gasteiger partial charge in [-0.3, -0.25) is 4.79 Å². The molecule has 0 N–H and O–H groups in total. The monoisotopic (exact) mass is 783 g/mol. The number of likely N-dealkylation sites (N-methyl/N-ethyl adjacent to an activating group) is 1. The Hall–Kier alpha value is -4.70. The van der Waals surface area contributed by atoms with Gasteiger partial charge in [-0.2, -0.15) is 0 Å². The van der Waals surface area contributed by atoms with Crippen molar-refractivity contribution in [3.63, 3.8) is 0 Å². The van der Waals surface area contributed by atoms with E-state index < -0.39 is 5.97 Å². The van der Waals surface area contributed by atoms with E-state index in [4.69, 9.17) is 42.1 Å². The summed E-state index contributed by atoms with van der Waals surface area (Å²) >= 11 is 13.6. The SMILES string of the molecule is COCOc1cc(C)c(-c2c(Cl)ccc3c(CCCOc4cc(C)c(Cl)c(C)c4)c4n(c23)[C@H](C)CN(C2=CN(C)C3C=CC(C(=O)OC)=CC23)C4=O)c(C)c1. The molecule has 288 valence electrons. The van der Waals surface area contributed by atoms with Gasteiger partial charge in [0.2, 0.25) is 0 Å². The summed E-state index contributed by atoms with van der Waals surface area (Å²) in [6.45, 7) is 11.2. The Balaban J connectivity index is 1.34. The van der Waals surface area contributed by atoms with Crippen LogP contribution < -0.4 is 9.47 Å². The molecule has 0 saturated heterocycles. The fourth-order valence-corrected chi connectivity index (χ4v) is 8.90. The first-order valence-electron chi connectivity index (χ1n) is 18.6. The number of aryl methyl sites for hydroxylation is 5. The number of amides is 1. The highest BCUT2D eigenvalue weighted by atomic mass is 35.5. The predicted octanol–water partition coefficient (Wildman–Crippen LogP) is 9.30. The number of esters is 1. The van der Waals surface area contributed by atoms with Gasteiger partial charge in [0.25, 0.3) is 5.91 Å². The Labute approximate surface area is 332 Å². The highest BCUT2D eigenvalue weighted by Crippen LogP contribution is 2.47. The molecule has 0 spiro atoms. The summed E-state index contributed by atoms with van der Waals surface area (Å²) in [6.07, 6.45) is 9.04. The molecule has 4 aromatic rings. The van der Waals surface area contributed by atoms with Crippen molar-refractivity contribution < 1.29 is 28.5 Å². The number of benzene rings is 3. The maximum Gasteiger partial charge on any atom is 0.337 e. The third kappa shape index (κ3) is 6.91. The van der Waals surface area contributed by atoms with Gasteiger partial charge in [-0.25, -0.2) is 4.79 Å². The van der Waals surface area contributed by atoms with Crippen LogP contribution in [-0.2, 0) is 20.7 Å². The molecule has 3 atom stereocenters. The van der Waals surface area contributed by atoms with Crippen LogP contribution in [-0.4, -0.2) is 73.5 Å². The van der Waals surface area contributed by atoms with Crippen LogP contribution in [0.25, 0.3) is 22.0 Å². The smallest absolute Gasteiger partial charge is 0.337 e. The van der Waals surface area contributed by atoms with Crippen molar-refractivity contribution in [2.24, 2.45) is 5.92 Å². The highest BCUT2D eigenvalue weighted by molar-refractivity contribution is 6.35. The second-order valence-electron chi connectivity index (χ2n) is 14.8. The lowest BCUT2D eigenvalue weighted by atomic mass is 9.89. The second-order valence-corrected chi connectivity index (χ2v) is 15.6. The molecule has 0 saturated carbocycles. The Kier molecular flexibility index (Phi) is 10.8. The number of carbonyl (C=O) groups excluding carboxylic acids is 2. The molecule has 3 aliphatic rings. The normalized spacial score (nSPS) is 19.0. The number of nitrogens with zero attached hydrogens (tertiary/aromatic N) is 3. The fourth-order valence-electron chi connectivity index (χ4n) is 8.55. The summed E-state index contributed by atoms with van der Waals surface area (Å²) in [5.41, 5.74) is 9.68. The quantitative estimate of drug-likeness (QED) is 0.0852. The number of carbonyl (C=O) groups is 2. The van der Waals surface area contributed by atoms with E-state index in [-0.39, 0.29) is 30.7 Å². The molecule has 0 bridgehead atoms. The zero-order chi connectivity index (χ0) is 39.3. The van der Waals surface area contributed by atoms with Crippen LogP contribution in [0.1, 0.15) is 57.7 Å². The van der Waals surface area contributed by atoms with Crippen molar-refractivity contribution in [1.82, 2.24) is 14.4 Å². The number of hydrogen-bond donors (Lipinski definition) is 0. The van der Waals surface area contributed by atoms with E-state index in [1.807, 2.05) is 74.5 Å². The largest absolute Gasteiger partial charge is 0.494 e. The molecule has 1 aromatic heterocycles. The molecular formula is C44H47Cl2N3O6. The minimum atomic E-state index is -0.399. The molecule has 0 fully saturated rings. The van der Waals surface area contributed by atoms with Crippen LogP contribution in [0.5, 0.6) is 11.5 Å². The molecule has 3 aromatic carbocycles. The van der Waals surface area contributed by atoms with E-state index in [2.05, 4.69) is 36.3 Å². The third-order valence-electron chi connectivity index (χ3n) is 11.0. The zero-order valence-corrected chi connectivity index (χ0v) is 34.1.